The maximum Gasteiger partial charge on any atom is 0.255 e. The quantitative estimate of drug-likeness (QED) is 0.576. The number of ether oxygens (including phenoxy) is 1. The molecule has 32 heavy (non-hydrogen) atoms. The highest BCUT2D eigenvalue weighted by Crippen LogP contribution is 2.36. The molecule has 164 valence electrons. The number of hydrogen-bond acceptors (Lipinski definition) is 5. The van der Waals surface area contributed by atoms with Crippen molar-refractivity contribution in [3.8, 4) is 23.1 Å². The molecule has 2 aromatic carbocycles. The molecule has 1 fully saturated rings. The molecule has 0 bridgehead atoms. The number of nitrogens with zero attached hydrogens (tertiary/aromatic N) is 3. The van der Waals surface area contributed by atoms with E-state index in [0.29, 0.717) is 35.2 Å². The zero-order chi connectivity index (χ0) is 22.5. The van der Waals surface area contributed by atoms with Gasteiger partial charge in [0.15, 0.2) is 0 Å². The molecule has 1 aliphatic rings. The summed E-state index contributed by atoms with van der Waals surface area (Å²) in [6.45, 7) is 0.389. The van der Waals surface area contributed by atoms with E-state index in [4.69, 9.17) is 9.84 Å². The number of anilines is 1. The second-order valence-corrected chi connectivity index (χ2v) is 7.90. The summed E-state index contributed by atoms with van der Waals surface area (Å²) in [5.74, 6) is 1.14. The van der Waals surface area contributed by atoms with E-state index in [-0.39, 0.29) is 5.91 Å². The molecule has 1 aromatic heterocycles. The first-order valence-electron chi connectivity index (χ1n) is 10.9. The average molecular weight is 430 g/mol. The molecular formula is C25H27N5O2. The van der Waals surface area contributed by atoms with Crippen LogP contribution < -0.4 is 15.4 Å². The molecule has 1 aliphatic carbocycles. The molecule has 2 N–H and O–H groups in total. The molecule has 7 nitrogen and oxygen atoms in total. The molecule has 1 amide bonds. The van der Waals surface area contributed by atoms with Gasteiger partial charge >= 0.3 is 0 Å². The second kappa shape index (κ2) is 9.56. The van der Waals surface area contributed by atoms with Crippen molar-refractivity contribution in [2.24, 2.45) is 0 Å². The van der Waals surface area contributed by atoms with E-state index in [0.717, 1.165) is 29.8 Å². The van der Waals surface area contributed by atoms with Crippen molar-refractivity contribution in [2.45, 2.75) is 38.3 Å². The first-order valence-corrected chi connectivity index (χ1v) is 10.9. The molecule has 0 radical (unpaired) electrons. The third kappa shape index (κ3) is 4.17. The maximum atomic E-state index is 12.5. The Morgan fingerprint density at radius 1 is 1.19 bits per heavy atom. The third-order valence-electron chi connectivity index (χ3n) is 5.96. The van der Waals surface area contributed by atoms with E-state index in [2.05, 4.69) is 16.7 Å². The SMILES string of the molecule is CNc1c(C#N)c(-c2ccc(CNC(=O)c3ccccc3OC)cc2)nn1C1CCCC1. The van der Waals surface area contributed by atoms with Crippen molar-refractivity contribution in [3.05, 3.63) is 65.2 Å². The summed E-state index contributed by atoms with van der Waals surface area (Å²) in [4.78, 5) is 12.5. The number of nitrogens with one attached hydrogen (secondary N) is 2. The monoisotopic (exact) mass is 429 g/mol. The highest BCUT2D eigenvalue weighted by molar-refractivity contribution is 5.96. The molecule has 1 saturated carbocycles. The van der Waals surface area contributed by atoms with Gasteiger partial charge in [-0.05, 0) is 30.5 Å². The van der Waals surface area contributed by atoms with Gasteiger partial charge in [0.2, 0.25) is 0 Å². The van der Waals surface area contributed by atoms with Gasteiger partial charge in [-0.3, -0.25) is 4.79 Å². The van der Waals surface area contributed by atoms with Crippen LogP contribution in [-0.2, 0) is 6.54 Å². The highest BCUT2D eigenvalue weighted by atomic mass is 16.5. The Morgan fingerprint density at radius 2 is 1.91 bits per heavy atom. The number of aromatic nitrogens is 2. The van der Waals surface area contributed by atoms with Gasteiger partial charge in [0.1, 0.15) is 28.9 Å². The molecule has 7 heteroatoms. The van der Waals surface area contributed by atoms with Crippen molar-refractivity contribution in [2.75, 3.05) is 19.5 Å². The molecule has 0 spiro atoms. The third-order valence-corrected chi connectivity index (χ3v) is 5.96. The van der Waals surface area contributed by atoms with Crippen molar-refractivity contribution in [3.63, 3.8) is 0 Å². The smallest absolute Gasteiger partial charge is 0.255 e. The molecule has 0 atom stereocenters. The average Bonchev–Trinajstić information content (AvgIpc) is 3.50. The summed E-state index contributed by atoms with van der Waals surface area (Å²) in [5.41, 5.74) is 3.60. The first-order chi connectivity index (χ1) is 15.7. The predicted molar refractivity (Wildman–Crippen MR) is 124 cm³/mol. The van der Waals surface area contributed by atoms with Gasteiger partial charge < -0.3 is 15.4 Å². The summed E-state index contributed by atoms with van der Waals surface area (Å²) in [6.07, 6.45) is 4.57. The van der Waals surface area contributed by atoms with Crippen molar-refractivity contribution < 1.29 is 9.53 Å². The lowest BCUT2D eigenvalue weighted by Gasteiger charge is -2.13. The maximum absolute atomic E-state index is 12.5. The number of carbonyl (C=O) groups is 1. The summed E-state index contributed by atoms with van der Waals surface area (Å²) >= 11 is 0. The fourth-order valence-corrected chi connectivity index (χ4v) is 4.29. The Balaban J connectivity index is 1.51. The van der Waals surface area contributed by atoms with E-state index < -0.39 is 0 Å². The number of carbonyl (C=O) groups excluding carboxylic acids is 1. The Morgan fingerprint density at radius 3 is 2.56 bits per heavy atom. The van der Waals surface area contributed by atoms with Crippen LogP contribution in [0, 0.1) is 11.3 Å². The number of rotatable bonds is 7. The van der Waals surface area contributed by atoms with Crippen LogP contribution >= 0.6 is 0 Å². The van der Waals surface area contributed by atoms with Crippen LogP contribution in [0.15, 0.2) is 48.5 Å². The topological polar surface area (TPSA) is 92.0 Å². The van der Waals surface area contributed by atoms with Crippen molar-refractivity contribution in [1.29, 1.82) is 5.26 Å². The lowest BCUT2D eigenvalue weighted by Crippen LogP contribution is -2.23. The van der Waals surface area contributed by atoms with Crippen LogP contribution in [0.2, 0.25) is 0 Å². The van der Waals surface area contributed by atoms with Gasteiger partial charge in [-0.2, -0.15) is 10.4 Å². The number of methoxy groups -OCH3 is 1. The normalized spacial score (nSPS) is 13.5. The molecule has 0 aliphatic heterocycles. The van der Waals surface area contributed by atoms with Crippen LogP contribution in [0.25, 0.3) is 11.3 Å². The summed E-state index contributed by atoms with van der Waals surface area (Å²) in [5, 5.41) is 20.7. The minimum Gasteiger partial charge on any atom is -0.496 e. The molecule has 4 rings (SSSR count). The number of nitriles is 1. The number of benzene rings is 2. The highest BCUT2D eigenvalue weighted by Gasteiger charge is 2.25. The lowest BCUT2D eigenvalue weighted by atomic mass is 10.1. The number of hydrogen-bond donors (Lipinski definition) is 2. The van der Waals surface area contributed by atoms with E-state index in [1.807, 2.05) is 48.1 Å². The van der Waals surface area contributed by atoms with Gasteiger partial charge in [0.05, 0.1) is 18.7 Å². The Bertz CT molecular complexity index is 1140. The zero-order valence-electron chi connectivity index (χ0n) is 18.4. The summed E-state index contributed by atoms with van der Waals surface area (Å²) < 4.78 is 7.25. The van der Waals surface area contributed by atoms with E-state index >= 15 is 0 Å². The molecule has 1 heterocycles. The predicted octanol–water partition coefficient (Wildman–Crippen LogP) is 4.52. The minimum atomic E-state index is -0.188. The van der Waals surface area contributed by atoms with Gasteiger partial charge in [0, 0.05) is 19.2 Å². The van der Waals surface area contributed by atoms with Crippen LogP contribution in [0.3, 0.4) is 0 Å². The molecule has 0 unspecified atom stereocenters. The second-order valence-electron chi connectivity index (χ2n) is 7.90. The van der Waals surface area contributed by atoms with Gasteiger partial charge in [0.25, 0.3) is 5.91 Å². The summed E-state index contributed by atoms with van der Waals surface area (Å²) in [6, 6.07) is 17.6. The van der Waals surface area contributed by atoms with E-state index in [9.17, 15) is 10.1 Å². The largest absolute Gasteiger partial charge is 0.496 e. The van der Waals surface area contributed by atoms with Crippen LogP contribution in [0.5, 0.6) is 5.75 Å². The molecule has 0 saturated heterocycles. The van der Waals surface area contributed by atoms with Crippen molar-refractivity contribution in [1.82, 2.24) is 15.1 Å². The van der Waals surface area contributed by atoms with Gasteiger partial charge in [-0.1, -0.05) is 49.2 Å². The Labute approximate surface area is 188 Å². The van der Waals surface area contributed by atoms with Crippen LogP contribution in [-0.4, -0.2) is 29.8 Å². The lowest BCUT2D eigenvalue weighted by molar-refractivity contribution is 0.0948. The van der Waals surface area contributed by atoms with Gasteiger partial charge in [-0.15, -0.1) is 0 Å². The number of amides is 1. The van der Waals surface area contributed by atoms with Crippen LogP contribution in [0.4, 0.5) is 5.82 Å². The standard InChI is InChI=1S/C25H27N5O2/c1-27-24-21(15-26)23(29-30(24)19-7-3-4-8-19)18-13-11-17(12-14-18)16-28-25(31)20-9-5-6-10-22(20)32-2/h5-6,9-14,19,27H,3-4,7-8,16H2,1-2H3,(H,28,31). The number of para-hydroxylation sites is 1. The fourth-order valence-electron chi connectivity index (χ4n) is 4.29. The Hall–Kier alpha value is -3.79. The van der Waals surface area contributed by atoms with E-state index in [1.165, 1.54) is 12.8 Å². The summed E-state index contributed by atoms with van der Waals surface area (Å²) in [7, 11) is 3.38. The first kappa shape index (κ1) is 21.4. The molecule has 3 aromatic rings. The Kier molecular flexibility index (Phi) is 6.41. The van der Waals surface area contributed by atoms with Gasteiger partial charge in [-0.25, -0.2) is 4.68 Å². The fraction of sp³-hybridized carbons (Fsp3) is 0.320. The van der Waals surface area contributed by atoms with Crippen molar-refractivity contribution >= 4 is 11.7 Å². The minimum absolute atomic E-state index is 0.188. The zero-order valence-corrected chi connectivity index (χ0v) is 18.4. The molecular weight excluding hydrogens is 402 g/mol. The van der Waals surface area contributed by atoms with Crippen LogP contribution in [0.1, 0.15) is 53.2 Å². The van der Waals surface area contributed by atoms with E-state index in [1.54, 1.807) is 19.2 Å².